The van der Waals surface area contributed by atoms with Crippen molar-refractivity contribution < 1.29 is 23.1 Å². The van der Waals surface area contributed by atoms with Gasteiger partial charge in [0.25, 0.3) is 5.91 Å². The van der Waals surface area contributed by atoms with Crippen LogP contribution >= 0.6 is 11.6 Å². The van der Waals surface area contributed by atoms with E-state index in [4.69, 9.17) is 11.6 Å². The number of hydrogen-bond acceptors (Lipinski definition) is 4. The smallest absolute Gasteiger partial charge is 0.335 e. The monoisotopic (exact) mass is 410 g/mol. The van der Waals surface area contributed by atoms with Crippen molar-refractivity contribution >= 4 is 39.2 Å². The van der Waals surface area contributed by atoms with E-state index < -0.39 is 21.9 Å². The first-order chi connectivity index (χ1) is 12.5. The predicted molar refractivity (Wildman–Crippen MR) is 104 cm³/mol. The number of halogens is 1. The molecule has 1 atom stereocenters. The Morgan fingerprint density at radius 3 is 2.33 bits per heavy atom. The lowest BCUT2D eigenvalue weighted by Gasteiger charge is -2.19. The fraction of sp³-hybridized carbons (Fsp3) is 0.222. The van der Waals surface area contributed by atoms with Crippen LogP contribution in [0.1, 0.15) is 39.2 Å². The molecule has 144 valence electrons. The first-order valence-corrected chi connectivity index (χ1v) is 10.1. The van der Waals surface area contributed by atoms with Crippen molar-refractivity contribution in [3.8, 4) is 0 Å². The Morgan fingerprint density at radius 2 is 1.78 bits per heavy atom. The van der Waals surface area contributed by atoms with Crippen LogP contribution < -0.4 is 9.62 Å². The summed E-state index contributed by atoms with van der Waals surface area (Å²) < 4.78 is 24.4. The highest BCUT2D eigenvalue weighted by Crippen LogP contribution is 2.22. The summed E-state index contributed by atoms with van der Waals surface area (Å²) in [6, 6.07) is 10.3. The third-order valence-corrected chi connectivity index (χ3v) is 5.43. The summed E-state index contributed by atoms with van der Waals surface area (Å²) in [5.41, 5.74) is 0.703. The zero-order valence-electron chi connectivity index (χ0n) is 14.9. The molecule has 0 aliphatic carbocycles. The van der Waals surface area contributed by atoms with Gasteiger partial charge >= 0.3 is 5.97 Å². The molecule has 0 radical (unpaired) electrons. The second-order valence-electron chi connectivity index (χ2n) is 6.05. The predicted octanol–water partition coefficient (Wildman–Crippen LogP) is 2.93. The normalized spacial score (nSPS) is 12.3. The number of carboxylic acids is 1. The Kier molecular flexibility index (Phi) is 6.12. The number of carbonyl (C=O) groups is 2. The zero-order valence-corrected chi connectivity index (χ0v) is 16.5. The number of carbonyl (C=O) groups excluding carboxylic acids is 1. The number of anilines is 1. The van der Waals surface area contributed by atoms with E-state index in [9.17, 15) is 23.1 Å². The van der Waals surface area contributed by atoms with Gasteiger partial charge in [-0.3, -0.25) is 9.10 Å². The molecule has 9 heteroatoms. The lowest BCUT2D eigenvalue weighted by molar-refractivity contribution is 0.0697. The van der Waals surface area contributed by atoms with E-state index in [2.05, 4.69) is 5.32 Å². The van der Waals surface area contributed by atoms with Crippen LogP contribution in [0.15, 0.2) is 42.5 Å². The molecule has 2 rings (SSSR count). The molecule has 0 unspecified atom stereocenters. The van der Waals surface area contributed by atoms with Gasteiger partial charge in [0, 0.05) is 17.6 Å². The minimum absolute atomic E-state index is 0.0364. The number of hydrogen-bond donors (Lipinski definition) is 2. The fourth-order valence-electron chi connectivity index (χ4n) is 2.38. The van der Waals surface area contributed by atoms with Crippen LogP contribution in [0.4, 0.5) is 5.69 Å². The van der Waals surface area contributed by atoms with Crippen LogP contribution in [0.3, 0.4) is 0 Å². The van der Waals surface area contributed by atoms with Gasteiger partial charge < -0.3 is 10.4 Å². The average molecular weight is 411 g/mol. The third-order valence-electron chi connectivity index (χ3n) is 3.98. The van der Waals surface area contributed by atoms with Gasteiger partial charge in [-0.2, -0.15) is 0 Å². The molecule has 0 spiro atoms. The van der Waals surface area contributed by atoms with Crippen molar-refractivity contribution in [2.75, 3.05) is 17.6 Å². The Balaban J connectivity index is 2.37. The maximum atomic E-state index is 12.6. The molecule has 0 saturated heterocycles. The second-order valence-corrected chi connectivity index (χ2v) is 8.50. The van der Waals surface area contributed by atoms with E-state index >= 15 is 0 Å². The number of rotatable bonds is 6. The van der Waals surface area contributed by atoms with Gasteiger partial charge in [0.1, 0.15) is 0 Å². The minimum atomic E-state index is -3.62. The van der Waals surface area contributed by atoms with Crippen LogP contribution in [0.2, 0.25) is 5.02 Å². The number of nitrogens with zero attached hydrogens (tertiary/aromatic N) is 1. The van der Waals surface area contributed by atoms with Crippen molar-refractivity contribution in [3.63, 3.8) is 0 Å². The topological polar surface area (TPSA) is 104 Å². The van der Waals surface area contributed by atoms with E-state index in [0.29, 0.717) is 5.02 Å². The SMILES string of the molecule is C[C@@H](NC(=O)c1cc(C(=O)O)cc(N(C)S(C)(=O)=O)c1)c1cccc(Cl)c1. The number of sulfonamides is 1. The Morgan fingerprint density at radius 1 is 1.15 bits per heavy atom. The van der Waals surface area contributed by atoms with E-state index in [0.717, 1.165) is 16.1 Å². The summed E-state index contributed by atoms with van der Waals surface area (Å²) in [6.07, 6.45) is 0.988. The van der Waals surface area contributed by atoms with Crippen molar-refractivity contribution in [2.24, 2.45) is 0 Å². The lowest BCUT2D eigenvalue weighted by atomic mass is 10.1. The highest BCUT2D eigenvalue weighted by atomic mass is 35.5. The summed E-state index contributed by atoms with van der Waals surface area (Å²) in [6.45, 7) is 1.76. The van der Waals surface area contributed by atoms with E-state index in [-0.39, 0.29) is 22.9 Å². The molecule has 0 aliphatic heterocycles. The quantitative estimate of drug-likeness (QED) is 0.761. The molecule has 0 fully saturated rings. The molecule has 27 heavy (non-hydrogen) atoms. The third kappa shape index (κ3) is 5.21. The summed E-state index contributed by atoms with van der Waals surface area (Å²) in [5.74, 6) is -1.80. The molecule has 1 amide bonds. The number of benzene rings is 2. The maximum Gasteiger partial charge on any atom is 0.335 e. The summed E-state index contributed by atoms with van der Waals surface area (Å²) in [7, 11) is -2.33. The van der Waals surface area contributed by atoms with Gasteiger partial charge in [-0.25, -0.2) is 13.2 Å². The second kappa shape index (κ2) is 7.98. The Bertz CT molecular complexity index is 991. The molecule has 0 aromatic heterocycles. The molecule has 2 N–H and O–H groups in total. The van der Waals surface area contributed by atoms with Crippen LogP contribution in [0.25, 0.3) is 0 Å². The number of nitrogens with one attached hydrogen (secondary N) is 1. The summed E-state index contributed by atoms with van der Waals surface area (Å²) in [4.78, 5) is 24.0. The van der Waals surface area contributed by atoms with E-state index in [1.54, 1.807) is 31.2 Å². The highest BCUT2D eigenvalue weighted by Gasteiger charge is 2.19. The van der Waals surface area contributed by atoms with Crippen LogP contribution in [0.5, 0.6) is 0 Å². The molecular formula is C18H19ClN2O5S. The molecule has 2 aromatic rings. The van der Waals surface area contributed by atoms with Gasteiger partial charge in [-0.05, 0) is 42.8 Å². The van der Waals surface area contributed by atoms with Crippen LogP contribution in [-0.2, 0) is 10.0 Å². The number of amides is 1. The molecule has 0 bridgehead atoms. The van der Waals surface area contributed by atoms with Gasteiger partial charge in [0.05, 0.1) is 23.5 Å². The largest absolute Gasteiger partial charge is 0.478 e. The molecule has 0 saturated carbocycles. The zero-order chi connectivity index (χ0) is 20.4. The average Bonchev–Trinajstić information content (AvgIpc) is 2.59. The maximum absolute atomic E-state index is 12.6. The minimum Gasteiger partial charge on any atom is -0.478 e. The Labute approximate surface area is 162 Å². The first-order valence-electron chi connectivity index (χ1n) is 7.87. The van der Waals surface area contributed by atoms with Crippen LogP contribution in [-0.4, -0.2) is 38.7 Å². The number of carboxylic acid groups (broad SMARTS) is 1. The number of aromatic carboxylic acids is 1. The standard InChI is InChI=1S/C18H19ClN2O5S/c1-11(12-5-4-6-15(19)8-12)20-17(22)13-7-14(18(23)24)10-16(9-13)21(2)27(3,25)26/h4-11H,1-3H3,(H,20,22)(H,23,24)/t11-/m1/s1. The first kappa shape index (κ1) is 20.7. The Hall–Kier alpha value is -2.58. The molecule has 0 heterocycles. The molecule has 0 aliphatic rings. The molecular weight excluding hydrogens is 392 g/mol. The summed E-state index contributed by atoms with van der Waals surface area (Å²) in [5, 5.41) is 12.6. The van der Waals surface area contributed by atoms with Crippen molar-refractivity contribution in [3.05, 3.63) is 64.2 Å². The summed E-state index contributed by atoms with van der Waals surface area (Å²) >= 11 is 5.96. The van der Waals surface area contributed by atoms with Crippen molar-refractivity contribution in [1.29, 1.82) is 0 Å². The van der Waals surface area contributed by atoms with Crippen molar-refractivity contribution in [1.82, 2.24) is 5.32 Å². The van der Waals surface area contributed by atoms with Gasteiger partial charge in [0.2, 0.25) is 10.0 Å². The van der Waals surface area contributed by atoms with Gasteiger partial charge in [-0.15, -0.1) is 0 Å². The molecule has 7 nitrogen and oxygen atoms in total. The fourth-order valence-corrected chi connectivity index (χ4v) is 3.07. The van der Waals surface area contributed by atoms with E-state index in [1.807, 2.05) is 0 Å². The highest BCUT2D eigenvalue weighted by molar-refractivity contribution is 7.92. The van der Waals surface area contributed by atoms with E-state index in [1.165, 1.54) is 25.2 Å². The van der Waals surface area contributed by atoms with Crippen molar-refractivity contribution in [2.45, 2.75) is 13.0 Å². The molecule has 2 aromatic carbocycles. The van der Waals surface area contributed by atoms with Gasteiger partial charge in [-0.1, -0.05) is 23.7 Å². The lowest BCUT2D eigenvalue weighted by Crippen LogP contribution is -2.28. The van der Waals surface area contributed by atoms with Crippen LogP contribution in [0, 0.1) is 0 Å². The van der Waals surface area contributed by atoms with Gasteiger partial charge in [0.15, 0.2) is 0 Å².